The van der Waals surface area contributed by atoms with Crippen LogP contribution < -0.4 is 0 Å². The monoisotopic (exact) mass is 256 g/mol. The molecule has 0 aliphatic carbocycles. The minimum atomic E-state index is -0.784. The maximum Gasteiger partial charge on any atom is 0.173 e. The number of ether oxygens (including phenoxy) is 1. The summed E-state index contributed by atoms with van der Waals surface area (Å²) in [5.74, 6) is 0. The maximum absolute atomic E-state index is 9.08. The summed E-state index contributed by atoms with van der Waals surface area (Å²) < 4.78 is 5.11. The zero-order chi connectivity index (χ0) is 13.5. The zero-order valence-corrected chi connectivity index (χ0v) is 12.2. The second-order valence-corrected chi connectivity index (χ2v) is 5.03. The quantitative estimate of drug-likeness (QED) is 0.274. The molecule has 0 aliphatic heterocycles. The first kappa shape index (κ1) is 17.7. The molecule has 0 spiro atoms. The Balaban J connectivity index is 2.96. The second kappa shape index (κ2) is 14.7. The molecular weight excluding hydrogens is 224 g/mol. The van der Waals surface area contributed by atoms with Crippen LogP contribution in [-0.4, -0.2) is 18.0 Å². The van der Waals surface area contributed by atoms with Gasteiger partial charge in [-0.15, -0.1) is 0 Å². The van der Waals surface area contributed by atoms with Crippen LogP contribution in [0.4, 0.5) is 0 Å². The zero-order valence-electron chi connectivity index (χ0n) is 12.2. The predicted octanol–water partition coefficient (Wildman–Crippen LogP) is 4.82. The molecule has 0 heterocycles. The van der Waals surface area contributed by atoms with E-state index in [1.54, 1.807) is 0 Å². The molecule has 1 atom stereocenters. The lowest BCUT2D eigenvalue weighted by atomic mass is 10.1. The van der Waals surface area contributed by atoms with Gasteiger partial charge in [-0.3, -0.25) is 0 Å². The molecule has 108 valence electrons. The number of aliphatic hydroxyl groups excluding tert-OH is 1. The van der Waals surface area contributed by atoms with Crippen molar-refractivity contribution in [1.82, 2.24) is 0 Å². The molecule has 0 radical (unpaired) electrons. The topological polar surface area (TPSA) is 29.5 Å². The van der Waals surface area contributed by atoms with Crippen LogP contribution in [0.2, 0.25) is 0 Å². The van der Waals surface area contributed by atoms with Gasteiger partial charge >= 0.3 is 0 Å². The van der Waals surface area contributed by atoms with Crippen molar-refractivity contribution in [2.75, 3.05) is 6.61 Å². The summed E-state index contributed by atoms with van der Waals surface area (Å²) in [7, 11) is 0. The lowest BCUT2D eigenvalue weighted by Gasteiger charge is -2.06. The molecule has 2 heteroatoms. The van der Waals surface area contributed by atoms with E-state index >= 15 is 0 Å². The summed E-state index contributed by atoms with van der Waals surface area (Å²) >= 11 is 0. The van der Waals surface area contributed by atoms with E-state index in [4.69, 9.17) is 9.84 Å². The van der Waals surface area contributed by atoms with E-state index in [1.165, 1.54) is 70.3 Å². The summed E-state index contributed by atoms with van der Waals surface area (Å²) in [6, 6.07) is 0. The molecule has 1 N–H and O–H groups in total. The van der Waals surface area contributed by atoms with Gasteiger partial charge in [0, 0.05) is 0 Å². The van der Waals surface area contributed by atoms with Crippen LogP contribution in [0.3, 0.4) is 0 Å². The molecule has 18 heavy (non-hydrogen) atoms. The lowest BCUT2D eigenvalue weighted by Crippen LogP contribution is -2.08. The van der Waals surface area contributed by atoms with Gasteiger partial charge in [-0.2, -0.15) is 0 Å². The lowest BCUT2D eigenvalue weighted by molar-refractivity contribution is -0.0648. The van der Waals surface area contributed by atoms with Crippen LogP contribution in [0.5, 0.6) is 0 Å². The molecule has 0 rings (SSSR count). The van der Waals surface area contributed by atoms with Crippen molar-refractivity contribution in [1.29, 1.82) is 0 Å². The van der Waals surface area contributed by atoms with E-state index in [0.29, 0.717) is 6.61 Å². The molecule has 0 aromatic heterocycles. The van der Waals surface area contributed by atoms with E-state index in [2.05, 4.69) is 13.5 Å². The molecule has 0 fully saturated rings. The highest BCUT2D eigenvalue weighted by Crippen LogP contribution is 2.11. The van der Waals surface area contributed by atoms with Crippen LogP contribution in [0, 0.1) is 0 Å². The normalized spacial score (nSPS) is 12.6. The third-order valence-electron chi connectivity index (χ3n) is 3.24. The highest BCUT2D eigenvalue weighted by Gasteiger charge is 1.96. The van der Waals surface area contributed by atoms with E-state index in [1.807, 2.05) is 0 Å². The minimum Gasteiger partial charge on any atom is -0.365 e. The molecule has 0 saturated heterocycles. The summed E-state index contributed by atoms with van der Waals surface area (Å²) in [6.07, 6.45) is 15.3. The number of hydrogen-bond acceptors (Lipinski definition) is 2. The molecule has 0 aromatic rings. The Morgan fingerprint density at radius 3 is 1.78 bits per heavy atom. The minimum absolute atomic E-state index is 0.643. The molecule has 0 bridgehead atoms. The fourth-order valence-corrected chi connectivity index (χ4v) is 2.04. The average molecular weight is 256 g/mol. The maximum atomic E-state index is 9.08. The summed E-state index contributed by atoms with van der Waals surface area (Å²) in [5.41, 5.74) is 0. The van der Waals surface area contributed by atoms with Gasteiger partial charge in [0.15, 0.2) is 6.29 Å². The molecule has 0 amide bonds. The van der Waals surface area contributed by atoms with Crippen molar-refractivity contribution in [3.05, 3.63) is 12.7 Å². The number of hydrogen-bond donors (Lipinski definition) is 1. The Bertz CT molecular complexity index is 168. The highest BCUT2D eigenvalue weighted by molar-refractivity contribution is 4.69. The Morgan fingerprint density at radius 1 is 0.889 bits per heavy atom. The van der Waals surface area contributed by atoms with Crippen molar-refractivity contribution in [3.8, 4) is 0 Å². The average Bonchev–Trinajstić information content (AvgIpc) is 2.39. The SMILES string of the molecule is C=CC(O)OCCCCCCCCCCCCC. The van der Waals surface area contributed by atoms with Gasteiger partial charge < -0.3 is 9.84 Å². The summed E-state index contributed by atoms with van der Waals surface area (Å²) in [4.78, 5) is 0. The van der Waals surface area contributed by atoms with Crippen LogP contribution >= 0.6 is 0 Å². The molecular formula is C16H32O2. The fraction of sp³-hybridized carbons (Fsp3) is 0.875. The third kappa shape index (κ3) is 13.7. The molecule has 1 unspecified atom stereocenters. The first-order valence-corrected chi connectivity index (χ1v) is 7.73. The smallest absolute Gasteiger partial charge is 0.173 e. The Hall–Kier alpha value is -0.340. The molecule has 0 saturated carbocycles. The van der Waals surface area contributed by atoms with Gasteiger partial charge in [-0.1, -0.05) is 77.7 Å². The second-order valence-electron chi connectivity index (χ2n) is 5.03. The third-order valence-corrected chi connectivity index (χ3v) is 3.24. The van der Waals surface area contributed by atoms with Gasteiger partial charge in [-0.05, 0) is 12.5 Å². The Kier molecular flexibility index (Phi) is 14.4. The van der Waals surface area contributed by atoms with Crippen LogP contribution in [-0.2, 0) is 4.74 Å². The highest BCUT2D eigenvalue weighted by atomic mass is 16.6. The van der Waals surface area contributed by atoms with E-state index in [9.17, 15) is 0 Å². The van der Waals surface area contributed by atoms with Crippen LogP contribution in [0.1, 0.15) is 77.6 Å². The van der Waals surface area contributed by atoms with Crippen molar-refractivity contribution < 1.29 is 9.84 Å². The van der Waals surface area contributed by atoms with Crippen molar-refractivity contribution in [2.45, 2.75) is 83.8 Å². The molecule has 2 nitrogen and oxygen atoms in total. The van der Waals surface area contributed by atoms with Crippen molar-refractivity contribution in [3.63, 3.8) is 0 Å². The van der Waals surface area contributed by atoms with Crippen LogP contribution in [0.25, 0.3) is 0 Å². The van der Waals surface area contributed by atoms with E-state index in [0.717, 1.165) is 6.42 Å². The van der Waals surface area contributed by atoms with Crippen molar-refractivity contribution >= 4 is 0 Å². The predicted molar refractivity (Wildman–Crippen MR) is 78.6 cm³/mol. The molecule has 0 aromatic carbocycles. The number of unbranched alkanes of at least 4 members (excludes halogenated alkanes) is 10. The van der Waals surface area contributed by atoms with Gasteiger partial charge in [0.2, 0.25) is 0 Å². The first-order chi connectivity index (χ1) is 8.81. The largest absolute Gasteiger partial charge is 0.365 e. The van der Waals surface area contributed by atoms with Gasteiger partial charge in [-0.25, -0.2) is 0 Å². The van der Waals surface area contributed by atoms with Gasteiger partial charge in [0.05, 0.1) is 6.61 Å². The number of aliphatic hydroxyl groups is 1. The number of rotatable bonds is 14. The van der Waals surface area contributed by atoms with E-state index in [-0.39, 0.29) is 0 Å². The van der Waals surface area contributed by atoms with Crippen molar-refractivity contribution in [2.24, 2.45) is 0 Å². The van der Waals surface area contributed by atoms with Gasteiger partial charge in [0.1, 0.15) is 0 Å². The summed E-state index contributed by atoms with van der Waals surface area (Å²) in [5, 5.41) is 9.08. The molecule has 0 aliphatic rings. The van der Waals surface area contributed by atoms with E-state index < -0.39 is 6.29 Å². The van der Waals surface area contributed by atoms with Crippen LogP contribution in [0.15, 0.2) is 12.7 Å². The fourth-order valence-electron chi connectivity index (χ4n) is 2.04. The first-order valence-electron chi connectivity index (χ1n) is 7.73. The Morgan fingerprint density at radius 2 is 1.33 bits per heavy atom. The standard InChI is InChI=1S/C16H32O2/c1-3-5-6-7-8-9-10-11-12-13-14-15-18-16(17)4-2/h4,16-17H,2-3,5-15H2,1H3. The van der Waals surface area contributed by atoms with Gasteiger partial charge in [0.25, 0.3) is 0 Å². The summed E-state index contributed by atoms with van der Waals surface area (Å²) in [6.45, 7) is 6.37. The Labute approximate surface area is 113 Å².